The highest BCUT2D eigenvalue weighted by Crippen LogP contribution is 2.36. The number of ether oxygens (including phenoxy) is 3. The maximum atomic E-state index is 12.0. The highest BCUT2D eigenvalue weighted by Gasteiger charge is 2.11. The summed E-state index contributed by atoms with van der Waals surface area (Å²) in [6, 6.07) is 9.10. The SMILES string of the molecule is COc1cc(C=NNC(=O)COc2cc(C)ccc2C(C)C)cc(OC)c1O. The summed E-state index contributed by atoms with van der Waals surface area (Å²) in [4.78, 5) is 12.0. The molecule has 0 spiro atoms. The number of hydrogen-bond acceptors (Lipinski definition) is 6. The molecule has 0 aliphatic heterocycles. The summed E-state index contributed by atoms with van der Waals surface area (Å²) in [7, 11) is 2.87. The third-order valence-corrected chi connectivity index (χ3v) is 4.05. The van der Waals surface area contributed by atoms with E-state index in [1.54, 1.807) is 12.1 Å². The van der Waals surface area contributed by atoms with Crippen LogP contribution in [0.2, 0.25) is 0 Å². The molecule has 0 fully saturated rings. The molecule has 2 aromatic carbocycles. The molecule has 0 atom stereocenters. The van der Waals surface area contributed by atoms with Crippen molar-refractivity contribution in [2.24, 2.45) is 5.10 Å². The first-order valence-electron chi connectivity index (χ1n) is 8.86. The molecular formula is C21H26N2O5. The maximum Gasteiger partial charge on any atom is 0.277 e. The van der Waals surface area contributed by atoms with Gasteiger partial charge in [-0.15, -0.1) is 0 Å². The van der Waals surface area contributed by atoms with Gasteiger partial charge in [-0.25, -0.2) is 5.43 Å². The number of nitrogens with zero attached hydrogens (tertiary/aromatic N) is 1. The van der Waals surface area contributed by atoms with Gasteiger partial charge in [0.1, 0.15) is 5.75 Å². The van der Waals surface area contributed by atoms with Crippen molar-refractivity contribution in [3.05, 3.63) is 47.0 Å². The molecule has 2 N–H and O–H groups in total. The molecule has 0 saturated carbocycles. The average molecular weight is 386 g/mol. The lowest BCUT2D eigenvalue weighted by molar-refractivity contribution is -0.123. The van der Waals surface area contributed by atoms with Crippen LogP contribution in [-0.2, 0) is 4.79 Å². The van der Waals surface area contributed by atoms with Gasteiger partial charge < -0.3 is 19.3 Å². The molecule has 150 valence electrons. The van der Waals surface area contributed by atoms with E-state index in [0.29, 0.717) is 11.3 Å². The fourth-order valence-electron chi connectivity index (χ4n) is 2.59. The maximum absolute atomic E-state index is 12.0. The van der Waals surface area contributed by atoms with Crippen LogP contribution >= 0.6 is 0 Å². The Bertz CT molecular complexity index is 837. The molecule has 0 bridgehead atoms. The summed E-state index contributed by atoms with van der Waals surface area (Å²) in [5.41, 5.74) is 5.12. The standard InChI is InChI=1S/C21H26N2O5/c1-13(2)16-7-6-14(3)8-17(16)28-12-20(24)23-22-11-15-9-18(26-4)21(25)19(10-15)27-5/h6-11,13,25H,12H2,1-5H3,(H,23,24). The quantitative estimate of drug-likeness (QED) is 0.536. The predicted octanol–water partition coefficient (Wildman–Crippen LogP) is 3.37. The molecule has 0 radical (unpaired) electrons. The first-order chi connectivity index (χ1) is 13.3. The highest BCUT2D eigenvalue weighted by molar-refractivity contribution is 5.84. The number of phenolic OH excluding ortho intramolecular Hbond substituents is 1. The van der Waals surface area contributed by atoms with E-state index in [2.05, 4.69) is 24.4 Å². The van der Waals surface area contributed by atoms with Gasteiger partial charge in [0.2, 0.25) is 5.75 Å². The van der Waals surface area contributed by atoms with Crippen molar-refractivity contribution in [1.29, 1.82) is 0 Å². The number of nitrogens with one attached hydrogen (secondary N) is 1. The number of aryl methyl sites for hydroxylation is 1. The van der Waals surface area contributed by atoms with Gasteiger partial charge in [-0.1, -0.05) is 26.0 Å². The summed E-state index contributed by atoms with van der Waals surface area (Å²) in [5.74, 6) is 0.995. The second-order valence-corrected chi connectivity index (χ2v) is 6.55. The van der Waals surface area contributed by atoms with Gasteiger partial charge in [-0.05, 0) is 42.2 Å². The molecule has 0 aliphatic rings. The number of carbonyl (C=O) groups excluding carboxylic acids is 1. The van der Waals surface area contributed by atoms with Crippen LogP contribution in [-0.4, -0.2) is 38.1 Å². The molecule has 2 rings (SSSR count). The van der Waals surface area contributed by atoms with Crippen LogP contribution in [0.3, 0.4) is 0 Å². The Balaban J connectivity index is 1.99. The van der Waals surface area contributed by atoms with E-state index in [0.717, 1.165) is 11.1 Å². The summed E-state index contributed by atoms with van der Waals surface area (Å²) in [6.07, 6.45) is 1.43. The van der Waals surface area contributed by atoms with Gasteiger partial charge in [-0.3, -0.25) is 4.79 Å². The van der Waals surface area contributed by atoms with E-state index in [1.807, 2.05) is 25.1 Å². The van der Waals surface area contributed by atoms with Gasteiger partial charge in [0.15, 0.2) is 18.1 Å². The molecule has 1 amide bonds. The van der Waals surface area contributed by atoms with Gasteiger partial charge in [-0.2, -0.15) is 5.10 Å². The van der Waals surface area contributed by atoms with Crippen LogP contribution in [0, 0.1) is 6.92 Å². The normalized spacial score (nSPS) is 10.9. The van der Waals surface area contributed by atoms with Crippen molar-refractivity contribution in [3.63, 3.8) is 0 Å². The minimum Gasteiger partial charge on any atom is -0.502 e. The van der Waals surface area contributed by atoms with Gasteiger partial charge in [0, 0.05) is 5.56 Å². The lowest BCUT2D eigenvalue weighted by Crippen LogP contribution is -2.25. The molecular weight excluding hydrogens is 360 g/mol. The summed E-state index contributed by atoms with van der Waals surface area (Å²) in [6.45, 7) is 5.97. The first kappa shape index (κ1) is 21.1. The zero-order valence-electron chi connectivity index (χ0n) is 16.8. The van der Waals surface area contributed by atoms with Crippen molar-refractivity contribution >= 4 is 12.1 Å². The monoisotopic (exact) mass is 386 g/mol. The number of hydrazone groups is 1. The van der Waals surface area contributed by atoms with E-state index < -0.39 is 0 Å². The van der Waals surface area contributed by atoms with Crippen molar-refractivity contribution in [2.75, 3.05) is 20.8 Å². The first-order valence-corrected chi connectivity index (χ1v) is 8.86. The number of carbonyl (C=O) groups is 1. The van der Waals surface area contributed by atoms with Crippen LogP contribution < -0.4 is 19.6 Å². The number of rotatable bonds is 8. The van der Waals surface area contributed by atoms with E-state index in [1.165, 1.54) is 20.4 Å². The predicted molar refractivity (Wildman–Crippen MR) is 108 cm³/mol. The fraction of sp³-hybridized carbons (Fsp3) is 0.333. The number of hydrogen-bond donors (Lipinski definition) is 2. The van der Waals surface area contributed by atoms with Crippen molar-refractivity contribution < 1.29 is 24.1 Å². The van der Waals surface area contributed by atoms with Crippen LogP contribution in [0.5, 0.6) is 23.0 Å². The molecule has 7 nitrogen and oxygen atoms in total. The number of phenols is 1. The minimum absolute atomic E-state index is 0.0984. The topological polar surface area (TPSA) is 89.4 Å². The minimum atomic E-state index is -0.384. The number of aromatic hydroxyl groups is 1. The lowest BCUT2D eigenvalue weighted by atomic mass is 10.0. The Morgan fingerprint density at radius 2 is 1.79 bits per heavy atom. The molecule has 0 aromatic heterocycles. The molecule has 0 saturated heterocycles. The summed E-state index contributed by atoms with van der Waals surface area (Å²) < 4.78 is 15.8. The van der Waals surface area contributed by atoms with E-state index >= 15 is 0 Å². The third kappa shape index (κ3) is 5.39. The smallest absolute Gasteiger partial charge is 0.277 e. The molecule has 7 heteroatoms. The Labute approximate surface area is 164 Å². The number of methoxy groups -OCH3 is 2. The average Bonchev–Trinajstić information content (AvgIpc) is 2.67. The Morgan fingerprint density at radius 1 is 1.14 bits per heavy atom. The van der Waals surface area contributed by atoms with Crippen LogP contribution in [0.15, 0.2) is 35.4 Å². The van der Waals surface area contributed by atoms with Crippen molar-refractivity contribution in [1.82, 2.24) is 5.43 Å². The van der Waals surface area contributed by atoms with Crippen molar-refractivity contribution in [2.45, 2.75) is 26.7 Å². The zero-order valence-corrected chi connectivity index (χ0v) is 16.8. The van der Waals surface area contributed by atoms with Gasteiger partial charge in [0.25, 0.3) is 5.91 Å². The Kier molecular flexibility index (Phi) is 7.26. The fourth-order valence-corrected chi connectivity index (χ4v) is 2.59. The van der Waals surface area contributed by atoms with E-state index in [9.17, 15) is 9.90 Å². The molecule has 0 heterocycles. The number of amides is 1. The highest BCUT2D eigenvalue weighted by atomic mass is 16.5. The molecule has 28 heavy (non-hydrogen) atoms. The Hall–Kier alpha value is -3.22. The number of benzene rings is 2. The molecule has 2 aromatic rings. The van der Waals surface area contributed by atoms with E-state index in [-0.39, 0.29) is 35.7 Å². The second kappa shape index (κ2) is 9.64. The van der Waals surface area contributed by atoms with Crippen LogP contribution in [0.25, 0.3) is 0 Å². The largest absolute Gasteiger partial charge is 0.502 e. The zero-order chi connectivity index (χ0) is 20.7. The van der Waals surface area contributed by atoms with Crippen LogP contribution in [0.4, 0.5) is 0 Å². The van der Waals surface area contributed by atoms with Crippen molar-refractivity contribution in [3.8, 4) is 23.0 Å². The summed E-state index contributed by atoms with van der Waals surface area (Å²) >= 11 is 0. The summed E-state index contributed by atoms with van der Waals surface area (Å²) in [5, 5.41) is 13.8. The molecule has 0 unspecified atom stereocenters. The van der Waals surface area contributed by atoms with Gasteiger partial charge in [0.05, 0.1) is 20.4 Å². The van der Waals surface area contributed by atoms with E-state index in [4.69, 9.17) is 14.2 Å². The Morgan fingerprint density at radius 3 is 2.36 bits per heavy atom. The molecule has 0 aliphatic carbocycles. The van der Waals surface area contributed by atoms with Crippen LogP contribution in [0.1, 0.15) is 36.5 Å². The van der Waals surface area contributed by atoms with Gasteiger partial charge >= 0.3 is 0 Å². The third-order valence-electron chi connectivity index (χ3n) is 4.05. The second-order valence-electron chi connectivity index (χ2n) is 6.55. The lowest BCUT2D eigenvalue weighted by Gasteiger charge is -2.14.